The summed E-state index contributed by atoms with van der Waals surface area (Å²) < 4.78 is 0. The second kappa shape index (κ2) is 4.26. The number of nitrogens with zero attached hydrogens (tertiary/aromatic N) is 1. The quantitative estimate of drug-likeness (QED) is 0.670. The minimum atomic E-state index is -0.259. The van der Waals surface area contributed by atoms with Gasteiger partial charge in [0.15, 0.2) is 0 Å². The van der Waals surface area contributed by atoms with Crippen molar-refractivity contribution in [1.82, 2.24) is 10.3 Å². The van der Waals surface area contributed by atoms with Gasteiger partial charge in [0.05, 0.1) is 6.10 Å². The Balaban J connectivity index is 1.90. The van der Waals surface area contributed by atoms with Crippen LogP contribution in [0.1, 0.15) is 28.3 Å². The molecule has 1 aliphatic rings. The number of hydrogen-bond acceptors (Lipinski definition) is 5. The van der Waals surface area contributed by atoms with Crippen molar-refractivity contribution >= 4 is 17.2 Å². The zero-order valence-electron chi connectivity index (χ0n) is 8.14. The third-order valence-electron chi connectivity index (χ3n) is 2.41. The number of nitrogens with two attached hydrogens (primary N) is 1. The number of amides is 1. The molecule has 1 aromatic heterocycles. The summed E-state index contributed by atoms with van der Waals surface area (Å²) in [6.07, 6.45) is 1.02. The van der Waals surface area contributed by atoms with Gasteiger partial charge < -0.3 is 16.2 Å². The van der Waals surface area contributed by atoms with E-state index < -0.39 is 0 Å². The number of thiazole rings is 1. The highest BCUT2D eigenvalue weighted by Gasteiger charge is 2.29. The molecule has 0 radical (unpaired) electrons. The highest BCUT2D eigenvalue weighted by Crippen LogP contribution is 2.20. The van der Waals surface area contributed by atoms with E-state index in [4.69, 9.17) is 10.8 Å². The summed E-state index contributed by atoms with van der Waals surface area (Å²) in [7, 11) is 0. The topological polar surface area (TPSA) is 88.2 Å². The Bertz CT molecular complexity index is 360. The zero-order valence-corrected chi connectivity index (χ0v) is 8.96. The molecule has 82 valence electrons. The van der Waals surface area contributed by atoms with Gasteiger partial charge in [-0.1, -0.05) is 0 Å². The van der Waals surface area contributed by atoms with E-state index in [1.54, 1.807) is 5.38 Å². The maximum atomic E-state index is 11.6. The number of carbonyl (C=O) groups excluding carboxylic acids is 1. The highest BCUT2D eigenvalue weighted by molar-refractivity contribution is 7.09. The summed E-state index contributed by atoms with van der Waals surface area (Å²) in [5.74, 6) is -0.178. The van der Waals surface area contributed by atoms with Crippen molar-refractivity contribution in [2.75, 3.05) is 0 Å². The fourth-order valence-electron chi connectivity index (χ4n) is 1.47. The van der Waals surface area contributed by atoms with Crippen molar-refractivity contribution in [3.63, 3.8) is 0 Å². The fraction of sp³-hybridized carbons (Fsp3) is 0.556. The van der Waals surface area contributed by atoms with Gasteiger partial charge >= 0.3 is 0 Å². The molecular formula is C9H13N3O2S. The first-order chi connectivity index (χ1) is 7.19. The lowest BCUT2D eigenvalue weighted by atomic mass is 9.89. The molecule has 0 saturated heterocycles. The predicted molar refractivity (Wildman–Crippen MR) is 56.5 cm³/mol. The molecule has 1 amide bonds. The molecule has 15 heavy (non-hydrogen) atoms. The Morgan fingerprint density at radius 1 is 1.73 bits per heavy atom. The molecule has 1 aliphatic carbocycles. The summed E-state index contributed by atoms with van der Waals surface area (Å²) in [6.45, 7) is 0.361. The SMILES string of the molecule is NCc1nc(C(=O)NC2CC(O)C2)cs1. The van der Waals surface area contributed by atoms with Crippen LogP contribution in [-0.4, -0.2) is 28.1 Å². The average molecular weight is 227 g/mol. The molecule has 6 heteroatoms. The van der Waals surface area contributed by atoms with Gasteiger partial charge in [0, 0.05) is 18.0 Å². The summed E-state index contributed by atoms with van der Waals surface area (Å²) in [5.41, 5.74) is 5.82. The highest BCUT2D eigenvalue weighted by atomic mass is 32.1. The molecule has 0 bridgehead atoms. The predicted octanol–water partition coefficient (Wildman–Crippen LogP) is -0.145. The summed E-state index contributed by atoms with van der Waals surface area (Å²) in [5, 5.41) is 14.3. The average Bonchev–Trinajstić information content (AvgIpc) is 2.63. The van der Waals surface area contributed by atoms with Gasteiger partial charge in [-0.15, -0.1) is 11.3 Å². The third-order valence-corrected chi connectivity index (χ3v) is 3.28. The summed E-state index contributed by atoms with van der Waals surface area (Å²) in [4.78, 5) is 15.7. The van der Waals surface area contributed by atoms with Crippen molar-refractivity contribution in [3.05, 3.63) is 16.1 Å². The fourth-order valence-corrected chi connectivity index (χ4v) is 2.13. The first kappa shape index (κ1) is 10.5. The van der Waals surface area contributed by atoms with Crippen LogP contribution >= 0.6 is 11.3 Å². The van der Waals surface area contributed by atoms with Gasteiger partial charge in [0.25, 0.3) is 5.91 Å². The molecule has 0 aliphatic heterocycles. The first-order valence-electron chi connectivity index (χ1n) is 4.82. The van der Waals surface area contributed by atoms with Crippen LogP contribution in [0, 0.1) is 0 Å². The second-order valence-electron chi connectivity index (χ2n) is 3.63. The van der Waals surface area contributed by atoms with Crippen LogP contribution in [0.25, 0.3) is 0 Å². The van der Waals surface area contributed by atoms with Crippen molar-refractivity contribution in [3.8, 4) is 0 Å². The standard InChI is InChI=1S/C9H13N3O2S/c10-3-8-12-7(4-15-8)9(14)11-5-1-6(13)2-5/h4-6,13H,1-3,10H2,(H,11,14). The summed E-state index contributed by atoms with van der Waals surface area (Å²) >= 11 is 1.38. The molecule has 1 saturated carbocycles. The summed E-state index contributed by atoms with van der Waals surface area (Å²) in [6, 6.07) is 0.0931. The monoisotopic (exact) mass is 227 g/mol. The van der Waals surface area contributed by atoms with Gasteiger partial charge in [-0.3, -0.25) is 4.79 Å². The number of nitrogens with one attached hydrogen (secondary N) is 1. The lowest BCUT2D eigenvalue weighted by molar-refractivity contribution is 0.0561. The van der Waals surface area contributed by atoms with Crippen molar-refractivity contribution < 1.29 is 9.90 Å². The number of aliphatic hydroxyl groups excluding tert-OH is 1. The van der Waals surface area contributed by atoms with E-state index in [1.165, 1.54) is 11.3 Å². The second-order valence-corrected chi connectivity index (χ2v) is 4.57. The molecule has 1 aromatic rings. The molecule has 0 atom stereocenters. The van der Waals surface area contributed by atoms with Gasteiger partial charge in [-0.2, -0.15) is 0 Å². The van der Waals surface area contributed by atoms with Gasteiger partial charge in [-0.05, 0) is 12.8 Å². The lowest BCUT2D eigenvalue weighted by Crippen LogP contribution is -2.46. The zero-order chi connectivity index (χ0) is 10.8. The molecule has 0 aromatic carbocycles. The minimum absolute atomic E-state index is 0.0931. The molecular weight excluding hydrogens is 214 g/mol. The van der Waals surface area contributed by atoms with E-state index in [1.807, 2.05) is 0 Å². The number of rotatable bonds is 3. The smallest absolute Gasteiger partial charge is 0.270 e. The van der Waals surface area contributed by atoms with E-state index in [-0.39, 0.29) is 18.1 Å². The number of carbonyl (C=O) groups is 1. The maximum Gasteiger partial charge on any atom is 0.270 e. The Morgan fingerprint density at radius 2 is 2.47 bits per heavy atom. The minimum Gasteiger partial charge on any atom is -0.393 e. The van der Waals surface area contributed by atoms with Crippen LogP contribution in [0.15, 0.2) is 5.38 Å². The first-order valence-corrected chi connectivity index (χ1v) is 5.70. The maximum absolute atomic E-state index is 11.6. The van der Waals surface area contributed by atoms with E-state index in [2.05, 4.69) is 10.3 Å². The van der Waals surface area contributed by atoms with E-state index in [9.17, 15) is 4.79 Å². The Morgan fingerprint density at radius 3 is 3.00 bits per heavy atom. The molecule has 4 N–H and O–H groups in total. The van der Waals surface area contributed by atoms with Crippen LogP contribution < -0.4 is 11.1 Å². The molecule has 2 rings (SSSR count). The molecule has 0 spiro atoms. The van der Waals surface area contributed by atoms with Crippen LogP contribution in [0.2, 0.25) is 0 Å². The van der Waals surface area contributed by atoms with Crippen molar-refractivity contribution in [2.24, 2.45) is 5.73 Å². The Kier molecular flexibility index (Phi) is 2.99. The van der Waals surface area contributed by atoms with Crippen molar-refractivity contribution in [1.29, 1.82) is 0 Å². The Hall–Kier alpha value is -0.980. The van der Waals surface area contributed by atoms with Gasteiger partial charge in [-0.25, -0.2) is 4.98 Å². The Labute approximate surface area is 91.3 Å². The molecule has 5 nitrogen and oxygen atoms in total. The van der Waals surface area contributed by atoms with Crippen molar-refractivity contribution in [2.45, 2.75) is 31.5 Å². The van der Waals surface area contributed by atoms with Gasteiger partial charge in [0.2, 0.25) is 0 Å². The van der Waals surface area contributed by atoms with E-state index in [0.717, 1.165) is 5.01 Å². The van der Waals surface area contributed by atoms with E-state index in [0.29, 0.717) is 25.1 Å². The van der Waals surface area contributed by atoms with Crippen LogP contribution in [0.4, 0.5) is 0 Å². The van der Waals surface area contributed by atoms with Crippen LogP contribution in [0.5, 0.6) is 0 Å². The lowest BCUT2D eigenvalue weighted by Gasteiger charge is -2.31. The normalized spacial score (nSPS) is 24.7. The number of aromatic nitrogens is 1. The molecule has 0 unspecified atom stereocenters. The van der Waals surface area contributed by atoms with Crippen LogP contribution in [0.3, 0.4) is 0 Å². The van der Waals surface area contributed by atoms with Gasteiger partial charge in [0.1, 0.15) is 10.7 Å². The van der Waals surface area contributed by atoms with Crippen LogP contribution in [-0.2, 0) is 6.54 Å². The van der Waals surface area contributed by atoms with E-state index >= 15 is 0 Å². The number of hydrogen-bond donors (Lipinski definition) is 3. The third kappa shape index (κ3) is 2.34. The largest absolute Gasteiger partial charge is 0.393 e. The molecule has 1 fully saturated rings. The number of aliphatic hydroxyl groups is 1. The molecule has 1 heterocycles.